The zero-order valence-corrected chi connectivity index (χ0v) is 15.6. The minimum absolute atomic E-state index is 0.0309. The van der Waals surface area contributed by atoms with Crippen molar-refractivity contribution in [3.63, 3.8) is 0 Å². The largest absolute Gasteiger partial charge is 0.491 e. The molecular formula is C23H18F4O2. The Kier molecular flexibility index (Phi) is 6.34. The van der Waals surface area contributed by atoms with Gasteiger partial charge in [-0.05, 0) is 30.2 Å². The van der Waals surface area contributed by atoms with Gasteiger partial charge in [-0.15, -0.1) is 0 Å². The van der Waals surface area contributed by atoms with Gasteiger partial charge in [0.2, 0.25) is 5.82 Å². The number of aliphatic hydroxyl groups excluding tert-OH is 1. The summed E-state index contributed by atoms with van der Waals surface area (Å²) in [5.74, 6) is -4.32. The number of ether oxygens (including phenoxy) is 1. The second-order valence-corrected chi connectivity index (χ2v) is 6.23. The van der Waals surface area contributed by atoms with E-state index < -0.39 is 29.9 Å². The molecule has 0 bridgehead atoms. The average molecular weight is 402 g/mol. The van der Waals surface area contributed by atoms with Gasteiger partial charge in [-0.3, -0.25) is 0 Å². The highest BCUT2D eigenvalue weighted by molar-refractivity contribution is 5.73. The van der Waals surface area contributed by atoms with E-state index in [0.29, 0.717) is 11.1 Å². The molecule has 0 radical (unpaired) electrons. The van der Waals surface area contributed by atoms with E-state index in [1.165, 1.54) is 30.3 Å². The fourth-order valence-corrected chi connectivity index (χ4v) is 2.84. The SMILES string of the molecule is CCOc1ccc(-c2ccc(/C=C/c3ccc(CO)c(F)c3F)cc2)c(F)c1F. The standard InChI is InChI=1S/C23H18F4O2/c1-2-29-19-12-11-18(22(26)23(19)27)15-6-3-14(4-7-15)5-8-16-9-10-17(13-28)21(25)20(16)24/h3-12,28H,2,13H2,1H3/b8-5+. The van der Waals surface area contributed by atoms with Crippen LogP contribution in [0.5, 0.6) is 5.75 Å². The van der Waals surface area contributed by atoms with Crippen molar-refractivity contribution in [2.45, 2.75) is 13.5 Å². The van der Waals surface area contributed by atoms with Crippen LogP contribution in [0.1, 0.15) is 23.6 Å². The van der Waals surface area contributed by atoms with Gasteiger partial charge >= 0.3 is 0 Å². The lowest BCUT2D eigenvalue weighted by Crippen LogP contribution is -1.98. The molecule has 0 saturated carbocycles. The third kappa shape index (κ3) is 4.32. The zero-order chi connectivity index (χ0) is 21.0. The van der Waals surface area contributed by atoms with Gasteiger partial charge in [0.1, 0.15) is 0 Å². The molecule has 1 N–H and O–H groups in total. The number of halogens is 4. The normalized spacial score (nSPS) is 11.2. The van der Waals surface area contributed by atoms with E-state index in [-0.39, 0.29) is 29.0 Å². The highest BCUT2D eigenvalue weighted by atomic mass is 19.2. The topological polar surface area (TPSA) is 29.5 Å². The lowest BCUT2D eigenvalue weighted by atomic mass is 10.0. The quantitative estimate of drug-likeness (QED) is 0.407. The van der Waals surface area contributed by atoms with Gasteiger partial charge in [0, 0.05) is 16.7 Å². The second-order valence-electron chi connectivity index (χ2n) is 6.23. The molecular weight excluding hydrogens is 384 g/mol. The maximum absolute atomic E-state index is 14.3. The molecule has 150 valence electrons. The third-order valence-corrected chi connectivity index (χ3v) is 4.39. The summed E-state index contributed by atoms with van der Waals surface area (Å²) in [5.41, 5.74) is 1.13. The summed E-state index contributed by atoms with van der Waals surface area (Å²) in [6.45, 7) is 1.32. The first-order valence-electron chi connectivity index (χ1n) is 8.93. The molecule has 3 aromatic rings. The first kappa shape index (κ1) is 20.6. The van der Waals surface area contributed by atoms with Crippen molar-refractivity contribution in [3.8, 4) is 16.9 Å². The Labute approximate surface area is 165 Å². The Morgan fingerprint density at radius 1 is 0.793 bits per heavy atom. The fourth-order valence-electron chi connectivity index (χ4n) is 2.84. The van der Waals surface area contributed by atoms with Crippen molar-refractivity contribution in [3.05, 3.63) is 88.5 Å². The molecule has 0 aromatic heterocycles. The second kappa shape index (κ2) is 8.92. The van der Waals surface area contributed by atoms with Gasteiger partial charge in [-0.1, -0.05) is 48.6 Å². The molecule has 29 heavy (non-hydrogen) atoms. The summed E-state index contributed by atoms with van der Waals surface area (Å²) in [6, 6.07) is 12.0. The molecule has 2 nitrogen and oxygen atoms in total. The third-order valence-electron chi connectivity index (χ3n) is 4.39. The minimum Gasteiger partial charge on any atom is -0.491 e. The summed E-state index contributed by atoms with van der Waals surface area (Å²) in [4.78, 5) is 0. The van der Waals surface area contributed by atoms with Crippen LogP contribution in [0.15, 0.2) is 48.5 Å². The molecule has 0 heterocycles. The Morgan fingerprint density at radius 2 is 1.52 bits per heavy atom. The van der Waals surface area contributed by atoms with E-state index in [9.17, 15) is 17.6 Å². The zero-order valence-electron chi connectivity index (χ0n) is 15.6. The van der Waals surface area contributed by atoms with Crippen molar-refractivity contribution < 1.29 is 27.4 Å². The number of rotatable bonds is 6. The molecule has 0 atom stereocenters. The maximum Gasteiger partial charge on any atom is 0.201 e. The Hall–Kier alpha value is -3.12. The van der Waals surface area contributed by atoms with Crippen molar-refractivity contribution >= 4 is 12.2 Å². The smallest absolute Gasteiger partial charge is 0.201 e. The molecule has 0 aliphatic carbocycles. The number of hydrogen-bond acceptors (Lipinski definition) is 2. The minimum atomic E-state index is -1.09. The van der Waals surface area contributed by atoms with Gasteiger partial charge in [0.05, 0.1) is 13.2 Å². The predicted molar refractivity (Wildman–Crippen MR) is 104 cm³/mol. The van der Waals surface area contributed by atoms with Crippen molar-refractivity contribution in [2.24, 2.45) is 0 Å². The average Bonchev–Trinajstić information content (AvgIpc) is 2.73. The van der Waals surface area contributed by atoms with Crippen LogP contribution in [0.3, 0.4) is 0 Å². The molecule has 6 heteroatoms. The van der Waals surface area contributed by atoms with E-state index in [0.717, 1.165) is 0 Å². The molecule has 0 unspecified atom stereocenters. The van der Waals surface area contributed by atoms with Crippen LogP contribution >= 0.6 is 0 Å². The monoisotopic (exact) mass is 402 g/mol. The number of benzene rings is 3. The first-order chi connectivity index (χ1) is 14.0. The van der Waals surface area contributed by atoms with Crippen LogP contribution in [0.4, 0.5) is 17.6 Å². The highest BCUT2D eigenvalue weighted by Gasteiger charge is 2.15. The predicted octanol–water partition coefficient (Wildman–Crippen LogP) is 5.97. The lowest BCUT2D eigenvalue weighted by molar-refractivity contribution is 0.273. The Balaban J connectivity index is 1.84. The van der Waals surface area contributed by atoms with E-state index in [1.807, 2.05) is 0 Å². The molecule has 0 aliphatic heterocycles. The van der Waals surface area contributed by atoms with Crippen LogP contribution in [-0.2, 0) is 6.61 Å². The molecule has 3 rings (SSSR count). The van der Waals surface area contributed by atoms with Crippen molar-refractivity contribution in [1.82, 2.24) is 0 Å². The highest BCUT2D eigenvalue weighted by Crippen LogP contribution is 2.30. The summed E-state index contributed by atoms with van der Waals surface area (Å²) < 4.78 is 61.1. The summed E-state index contributed by atoms with van der Waals surface area (Å²) in [5, 5.41) is 8.96. The lowest BCUT2D eigenvalue weighted by Gasteiger charge is -2.09. The van der Waals surface area contributed by atoms with Crippen LogP contribution in [0.25, 0.3) is 23.3 Å². The van der Waals surface area contributed by atoms with Gasteiger partial charge in [-0.2, -0.15) is 4.39 Å². The fraction of sp³-hybridized carbons (Fsp3) is 0.130. The van der Waals surface area contributed by atoms with E-state index in [2.05, 4.69) is 0 Å². The Morgan fingerprint density at radius 3 is 2.17 bits per heavy atom. The molecule has 3 aromatic carbocycles. The molecule has 0 spiro atoms. The van der Waals surface area contributed by atoms with Gasteiger partial charge < -0.3 is 9.84 Å². The Bertz CT molecular complexity index is 1040. The first-order valence-corrected chi connectivity index (χ1v) is 8.93. The number of aliphatic hydroxyl groups is 1. The van der Waals surface area contributed by atoms with Crippen LogP contribution in [-0.4, -0.2) is 11.7 Å². The van der Waals surface area contributed by atoms with Crippen LogP contribution in [0, 0.1) is 23.3 Å². The van der Waals surface area contributed by atoms with Crippen LogP contribution < -0.4 is 4.74 Å². The summed E-state index contributed by atoms with van der Waals surface area (Å²) >= 11 is 0. The number of hydrogen-bond donors (Lipinski definition) is 1. The molecule has 0 aliphatic rings. The van der Waals surface area contributed by atoms with E-state index in [4.69, 9.17) is 9.84 Å². The van der Waals surface area contributed by atoms with Gasteiger partial charge in [0.25, 0.3) is 0 Å². The molecule has 0 fully saturated rings. The maximum atomic E-state index is 14.3. The van der Waals surface area contributed by atoms with Crippen molar-refractivity contribution in [2.75, 3.05) is 6.61 Å². The summed E-state index contributed by atoms with van der Waals surface area (Å²) in [6.07, 6.45) is 2.96. The molecule has 0 saturated heterocycles. The van der Waals surface area contributed by atoms with Gasteiger partial charge in [0.15, 0.2) is 23.2 Å². The van der Waals surface area contributed by atoms with Crippen molar-refractivity contribution in [1.29, 1.82) is 0 Å². The van der Waals surface area contributed by atoms with Gasteiger partial charge in [-0.25, -0.2) is 13.2 Å². The van der Waals surface area contributed by atoms with E-state index in [1.54, 1.807) is 37.3 Å². The van der Waals surface area contributed by atoms with E-state index >= 15 is 0 Å². The summed E-state index contributed by atoms with van der Waals surface area (Å²) in [7, 11) is 0. The molecule has 0 amide bonds. The van der Waals surface area contributed by atoms with Crippen LogP contribution in [0.2, 0.25) is 0 Å².